The van der Waals surface area contributed by atoms with Gasteiger partial charge in [0.1, 0.15) is 5.54 Å². The molecule has 1 aliphatic carbocycles. The Morgan fingerprint density at radius 2 is 2.29 bits per heavy atom. The molecule has 0 radical (unpaired) electrons. The number of rotatable bonds is 2. The molecule has 0 bridgehead atoms. The second-order valence-electron chi connectivity index (χ2n) is 3.83. The average Bonchev–Trinajstić information content (AvgIpc) is 2.69. The largest absolute Gasteiger partial charge is 0.336 e. The Morgan fingerprint density at radius 1 is 1.57 bits per heavy atom. The molecule has 1 unspecified atom stereocenters. The minimum Gasteiger partial charge on any atom is -0.336 e. The second kappa shape index (κ2) is 4.80. The predicted octanol–water partition coefficient (Wildman–Crippen LogP) is -0.0892. The summed E-state index contributed by atoms with van der Waals surface area (Å²) in [4.78, 5) is 11.5. The van der Waals surface area contributed by atoms with E-state index >= 15 is 0 Å². The Bertz CT molecular complexity index is 264. The number of hydrogen-bond acceptors (Lipinski definition) is 3. The maximum Gasteiger partial charge on any atom is 0.238 e. The van der Waals surface area contributed by atoms with Crippen molar-refractivity contribution in [1.29, 1.82) is 5.26 Å². The van der Waals surface area contributed by atoms with Crippen molar-refractivity contribution in [3.63, 3.8) is 0 Å². The van der Waals surface area contributed by atoms with Crippen LogP contribution in [0.1, 0.15) is 25.7 Å². The van der Waals surface area contributed by atoms with Crippen LogP contribution in [-0.2, 0) is 4.79 Å². The van der Waals surface area contributed by atoms with Gasteiger partial charge in [0.15, 0.2) is 0 Å². The molecule has 5 heteroatoms. The number of hydrogen-bond donors (Lipinski definition) is 2. The van der Waals surface area contributed by atoms with E-state index in [0.717, 1.165) is 32.2 Å². The number of carbonyl (C=O) groups excluding carboxylic acids is 1. The van der Waals surface area contributed by atoms with Crippen molar-refractivity contribution in [3.8, 4) is 6.07 Å². The molecule has 14 heavy (non-hydrogen) atoms. The maximum absolute atomic E-state index is 11.5. The molecule has 1 amide bonds. The molecule has 2 fully saturated rings. The van der Waals surface area contributed by atoms with Crippen LogP contribution < -0.4 is 10.6 Å². The minimum absolute atomic E-state index is 0. The van der Waals surface area contributed by atoms with Gasteiger partial charge in [-0.05, 0) is 32.2 Å². The molecule has 78 valence electrons. The molecule has 0 aromatic heterocycles. The van der Waals surface area contributed by atoms with Crippen LogP contribution in [0, 0.1) is 49.1 Å². The average molecular weight is 219 g/mol. The van der Waals surface area contributed by atoms with Crippen LogP contribution >= 0.6 is 0 Å². The Hall–Kier alpha value is 0.180. The van der Waals surface area contributed by atoms with E-state index in [2.05, 4.69) is 16.7 Å². The monoisotopic (exact) mass is 219 g/mol. The first kappa shape index (κ1) is 12.3. The summed E-state index contributed by atoms with van der Waals surface area (Å²) in [5.41, 5.74) is -0.513. The molecule has 2 aliphatic rings. The third-order valence-corrected chi connectivity index (χ3v) is 2.70. The molecule has 1 saturated carbocycles. The molecule has 1 aliphatic heterocycles. The minimum atomic E-state index is -0.513. The van der Waals surface area contributed by atoms with E-state index in [1.807, 2.05) is 0 Å². The number of nitrogens with one attached hydrogen (secondary N) is 2. The molecule has 1 saturated heterocycles. The SMILES string of the molecule is N#CC1(NC(=O)C2CCCN2)CC1.[Ar]. The van der Waals surface area contributed by atoms with Gasteiger partial charge in [0.05, 0.1) is 12.1 Å². The summed E-state index contributed by atoms with van der Waals surface area (Å²) in [7, 11) is 0. The van der Waals surface area contributed by atoms with E-state index in [1.54, 1.807) is 0 Å². The number of carbonyl (C=O) groups is 1. The van der Waals surface area contributed by atoms with Gasteiger partial charge in [-0.15, -0.1) is 0 Å². The van der Waals surface area contributed by atoms with E-state index in [0.29, 0.717) is 0 Å². The normalized spacial score (nSPS) is 27.2. The predicted molar refractivity (Wildman–Crippen MR) is 46.7 cm³/mol. The van der Waals surface area contributed by atoms with Crippen LogP contribution in [-0.4, -0.2) is 24.0 Å². The summed E-state index contributed by atoms with van der Waals surface area (Å²) in [6, 6.07) is 2.08. The zero-order chi connectivity index (χ0) is 9.31. The smallest absolute Gasteiger partial charge is 0.238 e. The quantitative estimate of drug-likeness (QED) is 0.682. The van der Waals surface area contributed by atoms with Crippen molar-refractivity contribution < 1.29 is 42.5 Å². The van der Waals surface area contributed by atoms with Crippen LogP contribution in [0.2, 0.25) is 0 Å². The molecule has 2 N–H and O–H groups in total. The molecular formula is C9H13ArN3O. The van der Waals surface area contributed by atoms with Crippen molar-refractivity contribution in [1.82, 2.24) is 10.6 Å². The summed E-state index contributed by atoms with van der Waals surface area (Å²) in [6.45, 7) is 0.914. The first-order valence-electron chi connectivity index (χ1n) is 4.72. The maximum atomic E-state index is 11.5. The summed E-state index contributed by atoms with van der Waals surface area (Å²) < 4.78 is 0. The fraction of sp³-hybridized carbons (Fsp3) is 0.778. The van der Waals surface area contributed by atoms with Crippen molar-refractivity contribution in [2.45, 2.75) is 37.3 Å². The van der Waals surface area contributed by atoms with Crippen LogP contribution in [0.5, 0.6) is 0 Å². The molecule has 0 aromatic rings. The van der Waals surface area contributed by atoms with Crippen molar-refractivity contribution in [2.24, 2.45) is 0 Å². The zero-order valence-electron chi connectivity index (χ0n) is 7.82. The Labute approximate surface area is 113 Å². The summed E-state index contributed by atoms with van der Waals surface area (Å²) in [6.07, 6.45) is 3.56. The molecule has 0 spiro atoms. The first-order chi connectivity index (χ1) is 6.26. The number of nitriles is 1. The molecule has 1 atom stereocenters. The standard InChI is InChI=1S/C9H13N3O.Ar/c10-6-9(3-4-9)12-8(13)7-2-1-5-11-7;/h7,11H,1-5H2,(H,12,13);. The van der Waals surface area contributed by atoms with Gasteiger partial charge in [-0.25, -0.2) is 0 Å². The Kier molecular flexibility index (Phi) is 4.20. The van der Waals surface area contributed by atoms with E-state index in [4.69, 9.17) is 5.26 Å². The van der Waals surface area contributed by atoms with Gasteiger partial charge in [-0.2, -0.15) is 5.26 Å². The topological polar surface area (TPSA) is 64.9 Å². The van der Waals surface area contributed by atoms with Crippen molar-refractivity contribution in [2.75, 3.05) is 6.54 Å². The first-order valence-corrected chi connectivity index (χ1v) is 4.72. The molecule has 4 nitrogen and oxygen atoms in total. The molecule has 0 aromatic carbocycles. The second-order valence-corrected chi connectivity index (χ2v) is 3.83. The summed E-state index contributed by atoms with van der Waals surface area (Å²) >= 11 is 0. The molecular weight excluding hydrogens is 206 g/mol. The molecule has 2 rings (SSSR count). The Morgan fingerprint density at radius 3 is 2.71 bits per heavy atom. The van der Waals surface area contributed by atoms with Gasteiger partial charge in [0.2, 0.25) is 5.91 Å². The number of nitrogens with zero attached hydrogens (tertiary/aromatic N) is 1. The van der Waals surface area contributed by atoms with Gasteiger partial charge in [-0.3, -0.25) is 4.79 Å². The number of amides is 1. The Balaban J connectivity index is 0.000000980. The van der Waals surface area contributed by atoms with E-state index < -0.39 is 5.54 Å². The van der Waals surface area contributed by atoms with Gasteiger partial charge >= 0.3 is 0 Å². The molecule has 1 heterocycles. The van der Waals surface area contributed by atoms with Gasteiger partial charge in [0.25, 0.3) is 0 Å². The van der Waals surface area contributed by atoms with E-state index in [1.165, 1.54) is 0 Å². The van der Waals surface area contributed by atoms with Crippen LogP contribution in [0.4, 0.5) is 0 Å². The van der Waals surface area contributed by atoms with E-state index in [9.17, 15) is 4.79 Å². The van der Waals surface area contributed by atoms with Crippen molar-refractivity contribution >= 4 is 5.91 Å². The van der Waals surface area contributed by atoms with Crippen molar-refractivity contribution in [3.05, 3.63) is 0 Å². The van der Waals surface area contributed by atoms with Gasteiger partial charge < -0.3 is 10.6 Å². The van der Waals surface area contributed by atoms with Crippen LogP contribution in [0.25, 0.3) is 0 Å². The third kappa shape index (κ3) is 2.60. The van der Waals surface area contributed by atoms with Gasteiger partial charge in [-0.1, -0.05) is 0 Å². The summed E-state index contributed by atoms with van der Waals surface area (Å²) in [5, 5.41) is 14.7. The van der Waals surface area contributed by atoms with Crippen LogP contribution in [0.3, 0.4) is 0 Å². The van der Waals surface area contributed by atoms with E-state index in [-0.39, 0.29) is 49.7 Å². The zero-order valence-corrected chi connectivity index (χ0v) is 8.53. The van der Waals surface area contributed by atoms with Gasteiger partial charge in [0, 0.05) is 37.7 Å². The summed E-state index contributed by atoms with van der Waals surface area (Å²) in [5.74, 6) is -0.00319. The van der Waals surface area contributed by atoms with Crippen LogP contribution in [0.15, 0.2) is 0 Å². The third-order valence-electron chi connectivity index (χ3n) is 2.70. The fourth-order valence-corrected chi connectivity index (χ4v) is 1.62. The fourth-order valence-electron chi connectivity index (χ4n) is 1.62.